The van der Waals surface area contributed by atoms with Crippen LogP contribution in [0.25, 0.3) is 11.6 Å². The van der Waals surface area contributed by atoms with Crippen LogP contribution in [0.4, 0.5) is 11.4 Å². The first kappa shape index (κ1) is 26.9. The zero-order valence-corrected chi connectivity index (χ0v) is 22.0. The first-order valence-corrected chi connectivity index (χ1v) is 13.4. The van der Waals surface area contributed by atoms with Gasteiger partial charge in [0.1, 0.15) is 17.3 Å². The average Bonchev–Trinajstić information content (AvgIpc) is 3.08. The number of benzene rings is 2. The molecule has 9 heteroatoms. The highest BCUT2D eigenvalue weighted by molar-refractivity contribution is 7.07. The van der Waals surface area contributed by atoms with Gasteiger partial charge in [0.05, 0.1) is 4.53 Å². The zero-order valence-electron chi connectivity index (χ0n) is 21.1. The number of aryl methyl sites for hydroxylation is 2. The molecule has 4 rings (SSSR count). The van der Waals surface area contributed by atoms with Gasteiger partial charge in [-0.1, -0.05) is 50.5 Å². The number of thiazole rings is 1. The first-order chi connectivity index (χ1) is 18.3. The van der Waals surface area contributed by atoms with Crippen LogP contribution >= 0.6 is 11.3 Å². The Kier molecular flexibility index (Phi) is 8.44. The van der Waals surface area contributed by atoms with Crippen molar-refractivity contribution in [1.82, 2.24) is 4.57 Å². The summed E-state index contributed by atoms with van der Waals surface area (Å²) in [5, 5.41) is 28.0. The highest BCUT2D eigenvalue weighted by Gasteiger charge is 2.21. The smallest absolute Gasteiger partial charge is 0.349 e. The van der Waals surface area contributed by atoms with Gasteiger partial charge in [-0.05, 0) is 60.2 Å². The summed E-state index contributed by atoms with van der Waals surface area (Å²) in [6.07, 6.45) is 7.96. The number of carboxylic acid groups (broad SMARTS) is 2. The number of carbonyl (C=O) groups is 2. The molecule has 1 aliphatic rings. The van der Waals surface area contributed by atoms with Crippen molar-refractivity contribution in [2.24, 2.45) is 0 Å². The summed E-state index contributed by atoms with van der Waals surface area (Å²) >= 11 is 0.812. The van der Waals surface area contributed by atoms with Gasteiger partial charge in [0, 0.05) is 17.9 Å². The van der Waals surface area contributed by atoms with Crippen LogP contribution < -0.4 is 19.7 Å². The van der Waals surface area contributed by atoms with Crippen LogP contribution in [0, 0.1) is 11.3 Å². The molecule has 0 amide bonds. The Labute approximate surface area is 224 Å². The molecule has 8 nitrogen and oxygen atoms in total. The molecule has 0 saturated carbocycles. The number of anilines is 2. The van der Waals surface area contributed by atoms with Gasteiger partial charge in [-0.25, -0.2) is 4.79 Å². The zero-order chi connectivity index (χ0) is 27.2. The van der Waals surface area contributed by atoms with E-state index in [-0.39, 0.29) is 9.20 Å². The van der Waals surface area contributed by atoms with Crippen LogP contribution in [0.15, 0.2) is 47.3 Å². The number of aromatic nitrogens is 1. The van der Waals surface area contributed by atoms with E-state index in [0.717, 1.165) is 64.9 Å². The number of aliphatic carboxylic acids is 2. The lowest BCUT2D eigenvalue weighted by Crippen LogP contribution is -2.35. The lowest BCUT2D eigenvalue weighted by Gasteiger charge is -2.27. The Morgan fingerprint density at radius 3 is 2.50 bits per heavy atom. The van der Waals surface area contributed by atoms with Crippen molar-refractivity contribution in [2.45, 2.75) is 52.0 Å². The molecule has 0 radical (unpaired) electrons. The summed E-state index contributed by atoms with van der Waals surface area (Å²) < 4.78 is 0.828. The van der Waals surface area contributed by atoms with E-state index < -0.39 is 29.6 Å². The molecule has 196 valence electrons. The van der Waals surface area contributed by atoms with Gasteiger partial charge in [-0.15, -0.1) is 11.3 Å². The van der Waals surface area contributed by atoms with Crippen LogP contribution in [0.2, 0.25) is 0 Å². The topological polar surface area (TPSA) is 124 Å². The monoisotopic (exact) mass is 531 g/mol. The lowest BCUT2D eigenvalue weighted by molar-refractivity contribution is -0.138. The average molecular weight is 532 g/mol. The fraction of sp³-hybridized carbons (Fsp3) is 0.310. The van der Waals surface area contributed by atoms with Gasteiger partial charge >= 0.3 is 11.9 Å². The number of nitriles is 1. The highest BCUT2D eigenvalue weighted by atomic mass is 32.1. The molecule has 0 spiro atoms. The van der Waals surface area contributed by atoms with Crippen LogP contribution in [0.5, 0.6) is 0 Å². The van der Waals surface area contributed by atoms with E-state index in [4.69, 9.17) is 0 Å². The van der Waals surface area contributed by atoms with Crippen molar-refractivity contribution in [3.05, 3.63) is 78.7 Å². The Morgan fingerprint density at radius 1 is 1.05 bits per heavy atom. The van der Waals surface area contributed by atoms with Crippen molar-refractivity contribution < 1.29 is 19.8 Å². The molecular formula is C29H29N3O5S. The van der Waals surface area contributed by atoms with Crippen LogP contribution in [-0.4, -0.2) is 33.3 Å². The third-order valence-corrected chi connectivity index (χ3v) is 7.74. The minimum absolute atomic E-state index is 0.170. The Morgan fingerprint density at radius 2 is 1.79 bits per heavy atom. The van der Waals surface area contributed by atoms with E-state index in [0.29, 0.717) is 0 Å². The molecule has 38 heavy (non-hydrogen) atoms. The predicted molar refractivity (Wildman–Crippen MR) is 147 cm³/mol. The van der Waals surface area contributed by atoms with Gasteiger partial charge in [-0.2, -0.15) is 5.26 Å². The molecule has 0 unspecified atom stereocenters. The molecule has 1 aromatic heterocycles. The number of unbranched alkanes of at least 4 members (excludes halogenated alkanes) is 3. The van der Waals surface area contributed by atoms with Crippen molar-refractivity contribution in [1.29, 1.82) is 5.26 Å². The Balaban J connectivity index is 1.80. The second-order valence-corrected chi connectivity index (χ2v) is 10.3. The third kappa shape index (κ3) is 5.71. The number of para-hydroxylation sites is 1. The molecule has 1 aliphatic heterocycles. The van der Waals surface area contributed by atoms with E-state index in [1.807, 2.05) is 12.1 Å². The van der Waals surface area contributed by atoms with Crippen molar-refractivity contribution in [3.8, 4) is 6.07 Å². The molecule has 2 aromatic carbocycles. The van der Waals surface area contributed by atoms with Crippen LogP contribution in [0.3, 0.4) is 0 Å². The number of fused-ring (bicyclic) bond motifs is 2. The maximum atomic E-state index is 13.0. The second-order valence-electron chi connectivity index (χ2n) is 9.22. The summed E-state index contributed by atoms with van der Waals surface area (Å²) in [5.41, 5.74) is 4.23. The van der Waals surface area contributed by atoms with Gasteiger partial charge < -0.3 is 15.1 Å². The SMILES string of the molecule is CCCCCCN1c2ccccc2CCc2cc(C=c3sc(=C(C#N)C(=O)O)n(CC(=O)O)c3=O)ccc21. The summed E-state index contributed by atoms with van der Waals surface area (Å²) in [6, 6.07) is 16.0. The standard InChI is InChI=1S/C29H29N3O5S/c1-2-3-4-7-14-31-23-9-6-5-8-20(23)11-12-21-15-19(10-13-24(21)31)16-25-27(35)32(18-26(33)34)28(38-25)22(17-30)29(36)37/h5-6,8-10,13,15-16H,2-4,7,11-12,14,18H2,1H3,(H,33,34)(H,36,37). The maximum Gasteiger partial charge on any atom is 0.349 e. The molecule has 0 aliphatic carbocycles. The Hall–Kier alpha value is -4.16. The fourth-order valence-corrected chi connectivity index (χ4v) is 5.90. The Bertz CT molecular complexity index is 1600. The number of carboxylic acids is 2. The number of hydrogen-bond acceptors (Lipinski definition) is 6. The summed E-state index contributed by atoms with van der Waals surface area (Å²) in [7, 11) is 0. The molecule has 2 N–H and O–H groups in total. The largest absolute Gasteiger partial charge is 0.480 e. The minimum atomic E-state index is -1.51. The van der Waals surface area contributed by atoms with Crippen LogP contribution in [-0.2, 0) is 29.0 Å². The lowest BCUT2D eigenvalue weighted by atomic mass is 10.0. The maximum absolute atomic E-state index is 13.0. The van der Waals surface area contributed by atoms with Gasteiger partial charge in [0.2, 0.25) is 0 Å². The molecule has 3 aromatic rings. The van der Waals surface area contributed by atoms with E-state index in [2.05, 4.69) is 42.2 Å². The van der Waals surface area contributed by atoms with E-state index in [1.54, 1.807) is 12.1 Å². The van der Waals surface area contributed by atoms with E-state index >= 15 is 0 Å². The summed E-state index contributed by atoms with van der Waals surface area (Å²) in [6.45, 7) is 2.37. The number of nitrogens with zero attached hydrogens (tertiary/aromatic N) is 3. The van der Waals surface area contributed by atoms with E-state index in [9.17, 15) is 29.9 Å². The normalized spacial score (nSPS) is 13.8. The van der Waals surface area contributed by atoms with Crippen molar-refractivity contribution in [3.63, 3.8) is 0 Å². The summed E-state index contributed by atoms with van der Waals surface area (Å²) in [5.74, 6) is -2.81. The predicted octanol–water partition coefficient (Wildman–Crippen LogP) is 3.40. The molecule has 0 saturated heterocycles. The second kappa shape index (κ2) is 11.9. The number of hydrogen-bond donors (Lipinski definition) is 2. The van der Waals surface area contributed by atoms with Crippen molar-refractivity contribution >= 4 is 46.3 Å². The molecular weight excluding hydrogens is 502 g/mol. The van der Waals surface area contributed by atoms with Gasteiger partial charge in [0.25, 0.3) is 5.56 Å². The fourth-order valence-electron chi connectivity index (χ4n) is 4.80. The molecule has 0 atom stereocenters. The first-order valence-electron chi connectivity index (χ1n) is 12.6. The quantitative estimate of drug-likeness (QED) is 0.406. The third-order valence-electron chi connectivity index (χ3n) is 6.61. The van der Waals surface area contributed by atoms with Crippen molar-refractivity contribution in [2.75, 3.05) is 11.4 Å². The van der Waals surface area contributed by atoms with Gasteiger partial charge in [-0.3, -0.25) is 14.2 Å². The summed E-state index contributed by atoms with van der Waals surface area (Å²) in [4.78, 5) is 38.3. The minimum Gasteiger partial charge on any atom is -0.480 e. The molecule has 0 fully saturated rings. The molecule has 0 bridgehead atoms. The molecule has 2 heterocycles. The number of rotatable bonds is 9. The van der Waals surface area contributed by atoms with E-state index in [1.165, 1.54) is 24.1 Å². The van der Waals surface area contributed by atoms with Crippen LogP contribution in [0.1, 0.15) is 49.3 Å². The highest BCUT2D eigenvalue weighted by Crippen LogP contribution is 2.36. The van der Waals surface area contributed by atoms with Gasteiger partial charge in [0.15, 0.2) is 5.57 Å².